The summed E-state index contributed by atoms with van der Waals surface area (Å²) in [6.45, 7) is 3.59. The largest absolute Gasteiger partial charge is 0.394 e. The Kier molecular flexibility index (Phi) is 28.1. The van der Waals surface area contributed by atoms with Gasteiger partial charge in [-0.05, 0) is 64.2 Å². The predicted molar refractivity (Wildman–Crippen MR) is 198 cm³/mol. The van der Waals surface area contributed by atoms with E-state index in [0.717, 1.165) is 83.5 Å². The molecule has 7 unspecified atom stereocenters. The lowest BCUT2D eigenvalue weighted by Crippen LogP contribution is -2.60. The highest BCUT2D eigenvalue weighted by molar-refractivity contribution is 5.76. The summed E-state index contributed by atoms with van der Waals surface area (Å²) in [5.41, 5.74) is 0. The normalized spacial score (nSPS) is 23.1. The van der Waals surface area contributed by atoms with E-state index in [9.17, 15) is 30.3 Å². The minimum absolute atomic E-state index is 0.210. The number of ether oxygens (including phenoxy) is 2. The molecular weight excluding hydrogens is 622 g/mol. The number of carbonyl (C=O) groups is 1. The van der Waals surface area contributed by atoms with Crippen molar-refractivity contribution >= 4 is 5.91 Å². The van der Waals surface area contributed by atoms with Crippen LogP contribution in [0.5, 0.6) is 0 Å². The molecule has 9 nitrogen and oxygen atoms in total. The summed E-state index contributed by atoms with van der Waals surface area (Å²) in [5.74, 6) is -0.210. The zero-order valence-corrected chi connectivity index (χ0v) is 30.4. The number of unbranched alkanes of at least 4 members (excludes halogenated alkanes) is 12. The summed E-state index contributed by atoms with van der Waals surface area (Å²) in [6, 6.07) is -0.833. The van der Waals surface area contributed by atoms with Gasteiger partial charge in [0.05, 0.1) is 25.4 Å². The first-order valence-electron chi connectivity index (χ1n) is 19.0. The summed E-state index contributed by atoms with van der Waals surface area (Å²) in [7, 11) is 0. The van der Waals surface area contributed by atoms with Crippen molar-refractivity contribution in [3.63, 3.8) is 0 Å². The molecular formula is C40H69NO8. The van der Waals surface area contributed by atoms with E-state index >= 15 is 0 Å². The first-order chi connectivity index (χ1) is 23.8. The Morgan fingerprint density at radius 3 is 1.88 bits per heavy atom. The molecule has 49 heavy (non-hydrogen) atoms. The minimum Gasteiger partial charge on any atom is -0.394 e. The zero-order valence-electron chi connectivity index (χ0n) is 30.4. The van der Waals surface area contributed by atoms with E-state index in [2.05, 4.69) is 67.8 Å². The van der Waals surface area contributed by atoms with Crippen LogP contribution >= 0.6 is 0 Å². The van der Waals surface area contributed by atoms with Crippen molar-refractivity contribution in [3.8, 4) is 0 Å². The third kappa shape index (κ3) is 22.4. The SMILES string of the molecule is CCC/C=C/CC/C=C/CC/C=C/C(O)C(COC1OC(CO)C(O)C(O)C1O)NC(=O)CCCCCCCC/C=C\C=C/CCCCC. The molecule has 1 aliphatic rings. The minimum atomic E-state index is -1.58. The maximum Gasteiger partial charge on any atom is 0.220 e. The first-order valence-corrected chi connectivity index (χ1v) is 19.0. The Morgan fingerprint density at radius 2 is 1.27 bits per heavy atom. The van der Waals surface area contributed by atoms with Gasteiger partial charge >= 0.3 is 0 Å². The fraction of sp³-hybridized carbons (Fsp3) is 0.725. The van der Waals surface area contributed by atoms with Crippen molar-refractivity contribution in [1.82, 2.24) is 5.32 Å². The molecule has 282 valence electrons. The standard InChI is InChI=1S/C40H69NO8/c1-3-5-7-9-11-13-15-16-17-18-20-22-24-26-28-30-36(44)41-33(32-48-40-39(47)38(46)37(45)35(31-42)49-40)34(43)29-27-25-23-21-19-14-12-10-8-6-4-2/h8,10-11,13,15-16,19,21,27,29,33-35,37-40,42-43,45-47H,3-7,9,12,14,17-18,20,22-26,28,30-32H2,1-2H3,(H,41,44)/b10-8+,13-11-,16-15-,21-19+,29-27+. The molecule has 7 atom stereocenters. The number of rotatable bonds is 29. The van der Waals surface area contributed by atoms with Gasteiger partial charge in [-0.2, -0.15) is 0 Å². The van der Waals surface area contributed by atoms with Gasteiger partial charge in [0.1, 0.15) is 24.4 Å². The Morgan fingerprint density at radius 1 is 0.694 bits per heavy atom. The maximum absolute atomic E-state index is 12.8. The molecule has 0 aromatic rings. The van der Waals surface area contributed by atoms with Crippen molar-refractivity contribution in [2.75, 3.05) is 13.2 Å². The number of hydrogen-bond acceptors (Lipinski definition) is 8. The molecule has 0 aliphatic carbocycles. The lowest BCUT2D eigenvalue weighted by molar-refractivity contribution is -0.302. The molecule has 6 N–H and O–H groups in total. The van der Waals surface area contributed by atoms with Crippen LogP contribution in [0.25, 0.3) is 0 Å². The third-order valence-electron chi connectivity index (χ3n) is 8.55. The van der Waals surface area contributed by atoms with Gasteiger partial charge in [0.2, 0.25) is 5.91 Å². The number of aliphatic hydroxyl groups excluding tert-OH is 5. The zero-order chi connectivity index (χ0) is 36.0. The molecule has 0 bridgehead atoms. The third-order valence-corrected chi connectivity index (χ3v) is 8.55. The smallest absolute Gasteiger partial charge is 0.220 e. The average molecular weight is 692 g/mol. The van der Waals surface area contributed by atoms with Gasteiger partial charge in [0.25, 0.3) is 0 Å². The van der Waals surface area contributed by atoms with Gasteiger partial charge in [-0.3, -0.25) is 4.79 Å². The molecule has 0 aromatic carbocycles. The second kappa shape index (κ2) is 30.7. The number of hydrogen-bond donors (Lipinski definition) is 6. The summed E-state index contributed by atoms with van der Waals surface area (Å²) in [4.78, 5) is 12.8. The Hall–Kier alpha value is -2.11. The van der Waals surface area contributed by atoms with E-state index in [1.165, 1.54) is 25.7 Å². The lowest BCUT2D eigenvalue weighted by atomic mass is 9.99. The Balaban J connectivity index is 2.49. The second-order valence-electron chi connectivity index (χ2n) is 13.0. The van der Waals surface area contributed by atoms with E-state index in [4.69, 9.17) is 9.47 Å². The summed E-state index contributed by atoms with van der Waals surface area (Å²) >= 11 is 0. The van der Waals surface area contributed by atoms with Crippen LogP contribution < -0.4 is 5.32 Å². The lowest BCUT2D eigenvalue weighted by Gasteiger charge is -2.40. The van der Waals surface area contributed by atoms with Crippen LogP contribution in [0.15, 0.2) is 60.8 Å². The van der Waals surface area contributed by atoms with Gasteiger partial charge < -0.3 is 40.3 Å². The van der Waals surface area contributed by atoms with Crippen molar-refractivity contribution in [1.29, 1.82) is 0 Å². The van der Waals surface area contributed by atoms with Crippen LogP contribution in [0.1, 0.15) is 129 Å². The molecule has 0 aromatic heterocycles. The van der Waals surface area contributed by atoms with Crippen molar-refractivity contribution in [2.24, 2.45) is 0 Å². The van der Waals surface area contributed by atoms with Crippen LogP contribution in [-0.4, -0.2) is 87.5 Å². The van der Waals surface area contributed by atoms with E-state index in [0.29, 0.717) is 6.42 Å². The molecule has 0 saturated carbocycles. The van der Waals surface area contributed by atoms with Gasteiger partial charge in [-0.15, -0.1) is 0 Å². The van der Waals surface area contributed by atoms with Crippen molar-refractivity contribution in [3.05, 3.63) is 60.8 Å². The molecule has 1 fully saturated rings. The molecule has 1 rings (SSSR count). The highest BCUT2D eigenvalue weighted by Crippen LogP contribution is 2.22. The van der Waals surface area contributed by atoms with Gasteiger partial charge in [0.15, 0.2) is 6.29 Å². The number of amides is 1. The summed E-state index contributed by atoms with van der Waals surface area (Å²) in [6.07, 6.45) is 31.2. The van der Waals surface area contributed by atoms with Crippen LogP contribution in [0, 0.1) is 0 Å². The van der Waals surface area contributed by atoms with Crippen LogP contribution in [0.4, 0.5) is 0 Å². The predicted octanol–water partition coefficient (Wildman–Crippen LogP) is 6.49. The van der Waals surface area contributed by atoms with Crippen LogP contribution in [0.2, 0.25) is 0 Å². The number of aliphatic hydroxyl groups is 5. The van der Waals surface area contributed by atoms with Gasteiger partial charge in [-0.25, -0.2) is 0 Å². The molecule has 1 amide bonds. The van der Waals surface area contributed by atoms with Crippen LogP contribution in [0.3, 0.4) is 0 Å². The average Bonchev–Trinajstić information content (AvgIpc) is 3.10. The van der Waals surface area contributed by atoms with Gasteiger partial charge in [-0.1, -0.05) is 120 Å². The maximum atomic E-state index is 12.8. The first kappa shape index (κ1) is 44.9. The number of carbonyl (C=O) groups excluding carboxylic acids is 1. The summed E-state index contributed by atoms with van der Waals surface area (Å²) in [5, 5.41) is 53.8. The van der Waals surface area contributed by atoms with Crippen molar-refractivity contribution in [2.45, 2.75) is 172 Å². The fourth-order valence-corrected chi connectivity index (χ4v) is 5.42. The quantitative estimate of drug-likeness (QED) is 0.0296. The highest BCUT2D eigenvalue weighted by Gasteiger charge is 2.44. The summed E-state index contributed by atoms with van der Waals surface area (Å²) < 4.78 is 11.1. The second-order valence-corrected chi connectivity index (χ2v) is 13.0. The molecule has 0 spiro atoms. The monoisotopic (exact) mass is 692 g/mol. The molecule has 1 saturated heterocycles. The topological polar surface area (TPSA) is 149 Å². The van der Waals surface area contributed by atoms with Crippen molar-refractivity contribution < 1.29 is 39.8 Å². The molecule has 1 heterocycles. The number of allylic oxidation sites excluding steroid dienone is 9. The highest BCUT2D eigenvalue weighted by atomic mass is 16.7. The Labute approximate surface area is 296 Å². The number of nitrogens with one attached hydrogen (secondary N) is 1. The molecule has 9 heteroatoms. The van der Waals surface area contributed by atoms with Crippen LogP contribution in [-0.2, 0) is 14.3 Å². The molecule has 0 radical (unpaired) electrons. The van der Waals surface area contributed by atoms with E-state index in [1.807, 2.05) is 6.08 Å². The fourth-order valence-electron chi connectivity index (χ4n) is 5.42. The Bertz CT molecular complexity index is 947. The van der Waals surface area contributed by atoms with Gasteiger partial charge in [0, 0.05) is 6.42 Å². The molecule has 1 aliphatic heterocycles. The van der Waals surface area contributed by atoms with E-state index in [1.54, 1.807) is 6.08 Å². The van der Waals surface area contributed by atoms with E-state index in [-0.39, 0.29) is 12.5 Å². The van der Waals surface area contributed by atoms with E-state index < -0.39 is 49.5 Å².